The number of hydrogen-bond donors (Lipinski definition) is 1. The number of ether oxygens (including phenoxy) is 1. The Labute approximate surface area is 147 Å². The van der Waals surface area contributed by atoms with Gasteiger partial charge in [0.2, 0.25) is 5.91 Å². The zero-order chi connectivity index (χ0) is 18.4. The SMILES string of the molecule is Cc1cccc(OCCNC(=O)[C@@H](C)S(=O)(=O)Cc2cc(C)on2)c1. The van der Waals surface area contributed by atoms with Crippen LogP contribution in [0, 0.1) is 13.8 Å². The molecule has 0 aliphatic carbocycles. The summed E-state index contributed by atoms with van der Waals surface area (Å²) >= 11 is 0. The van der Waals surface area contributed by atoms with E-state index < -0.39 is 21.0 Å². The van der Waals surface area contributed by atoms with Crippen LogP contribution in [0.5, 0.6) is 5.75 Å². The van der Waals surface area contributed by atoms with Crippen LogP contribution in [0.25, 0.3) is 0 Å². The number of carbonyl (C=O) groups is 1. The van der Waals surface area contributed by atoms with Crippen LogP contribution < -0.4 is 10.1 Å². The maximum atomic E-state index is 12.3. The van der Waals surface area contributed by atoms with E-state index >= 15 is 0 Å². The van der Waals surface area contributed by atoms with Gasteiger partial charge in [-0.3, -0.25) is 4.79 Å². The number of rotatable bonds is 8. The van der Waals surface area contributed by atoms with Crippen molar-refractivity contribution in [3.8, 4) is 5.75 Å². The molecule has 1 heterocycles. The Morgan fingerprint density at radius 3 is 2.72 bits per heavy atom. The van der Waals surface area contributed by atoms with Crippen LogP contribution in [0.2, 0.25) is 0 Å². The van der Waals surface area contributed by atoms with Crippen LogP contribution in [0.15, 0.2) is 34.9 Å². The molecule has 0 saturated carbocycles. The van der Waals surface area contributed by atoms with Crippen LogP contribution in [0.1, 0.15) is 23.9 Å². The Morgan fingerprint density at radius 1 is 1.32 bits per heavy atom. The van der Waals surface area contributed by atoms with E-state index in [9.17, 15) is 13.2 Å². The number of sulfone groups is 1. The van der Waals surface area contributed by atoms with Gasteiger partial charge in [0.05, 0.1) is 18.0 Å². The van der Waals surface area contributed by atoms with E-state index in [1.165, 1.54) is 13.0 Å². The Morgan fingerprint density at radius 2 is 2.08 bits per heavy atom. The van der Waals surface area contributed by atoms with Crippen molar-refractivity contribution in [2.24, 2.45) is 0 Å². The predicted molar refractivity (Wildman–Crippen MR) is 93.0 cm³/mol. The minimum Gasteiger partial charge on any atom is -0.492 e. The highest BCUT2D eigenvalue weighted by Gasteiger charge is 2.29. The second-order valence-corrected chi connectivity index (χ2v) is 8.16. The van der Waals surface area contributed by atoms with E-state index in [4.69, 9.17) is 9.26 Å². The van der Waals surface area contributed by atoms with Gasteiger partial charge in [-0.05, 0) is 38.5 Å². The molecule has 0 saturated heterocycles. The monoisotopic (exact) mass is 366 g/mol. The highest BCUT2D eigenvalue weighted by molar-refractivity contribution is 7.92. The number of hydrogen-bond acceptors (Lipinski definition) is 6. The third-order valence-corrected chi connectivity index (χ3v) is 5.58. The van der Waals surface area contributed by atoms with Gasteiger partial charge in [-0.2, -0.15) is 0 Å². The zero-order valence-electron chi connectivity index (χ0n) is 14.5. The van der Waals surface area contributed by atoms with Crippen LogP contribution in [0.4, 0.5) is 0 Å². The lowest BCUT2D eigenvalue weighted by Crippen LogP contribution is -2.40. The summed E-state index contributed by atoms with van der Waals surface area (Å²) in [7, 11) is -3.67. The first-order valence-corrected chi connectivity index (χ1v) is 9.60. The smallest absolute Gasteiger partial charge is 0.238 e. The van der Waals surface area contributed by atoms with Gasteiger partial charge in [0, 0.05) is 6.07 Å². The molecular weight excluding hydrogens is 344 g/mol. The summed E-state index contributed by atoms with van der Waals surface area (Å²) in [5, 5.41) is 5.05. The molecule has 0 spiro atoms. The minimum atomic E-state index is -3.67. The largest absolute Gasteiger partial charge is 0.492 e. The van der Waals surface area contributed by atoms with Gasteiger partial charge >= 0.3 is 0 Å². The molecule has 1 amide bonds. The number of aromatic nitrogens is 1. The van der Waals surface area contributed by atoms with Crippen molar-refractivity contribution in [2.75, 3.05) is 13.2 Å². The van der Waals surface area contributed by atoms with Gasteiger partial charge in [0.25, 0.3) is 0 Å². The fourth-order valence-corrected chi connectivity index (χ4v) is 3.38. The van der Waals surface area contributed by atoms with Gasteiger partial charge in [-0.1, -0.05) is 17.3 Å². The van der Waals surface area contributed by atoms with E-state index in [0.29, 0.717) is 17.2 Å². The summed E-state index contributed by atoms with van der Waals surface area (Å²) in [5.74, 6) is 0.332. The lowest BCUT2D eigenvalue weighted by atomic mass is 10.2. The standard InChI is InChI=1S/C17H22N2O5S/c1-12-5-4-6-16(9-12)23-8-7-18-17(20)14(3)25(21,22)11-15-10-13(2)24-19-15/h4-6,9-10,14H,7-8,11H2,1-3H3,(H,18,20)/t14-/m1/s1. The quantitative estimate of drug-likeness (QED) is 0.715. The van der Waals surface area contributed by atoms with Crippen molar-refractivity contribution in [1.82, 2.24) is 10.5 Å². The van der Waals surface area contributed by atoms with E-state index in [1.807, 2.05) is 31.2 Å². The summed E-state index contributed by atoms with van der Waals surface area (Å²) in [4.78, 5) is 12.1. The number of benzene rings is 1. The molecule has 1 N–H and O–H groups in total. The van der Waals surface area contributed by atoms with Crippen LogP contribution >= 0.6 is 0 Å². The Hall–Kier alpha value is -2.35. The van der Waals surface area contributed by atoms with E-state index in [-0.39, 0.29) is 18.9 Å². The fourth-order valence-electron chi connectivity index (χ4n) is 2.17. The maximum absolute atomic E-state index is 12.3. The Kier molecular flexibility index (Phi) is 6.19. The van der Waals surface area contributed by atoms with Crippen molar-refractivity contribution >= 4 is 15.7 Å². The fraction of sp³-hybridized carbons (Fsp3) is 0.412. The number of carbonyl (C=O) groups excluding carboxylic acids is 1. The first-order valence-electron chi connectivity index (χ1n) is 7.89. The molecule has 7 nitrogen and oxygen atoms in total. The second-order valence-electron chi connectivity index (χ2n) is 5.83. The molecule has 1 aromatic heterocycles. The number of nitrogens with one attached hydrogen (secondary N) is 1. The molecule has 0 bridgehead atoms. The molecule has 8 heteroatoms. The number of aryl methyl sites for hydroxylation is 2. The zero-order valence-corrected chi connectivity index (χ0v) is 15.3. The summed E-state index contributed by atoms with van der Waals surface area (Å²) < 4.78 is 34.9. The number of amides is 1. The van der Waals surface area contributed by atoms with Gasteiger partial charge in [-0.15, -0.1) is 0 Å². The van der Waals surface area contributed by atoms with Crippen molar-refractivity contribution in [2.45, 2.75) is 31.8 Å². The van der Waals surface area contributed by atoms with Crippen molar-refractivity contribution in [3.05, 3.63) is 47.3 Å². The first kappa shape index (κ1) is 19.0. The molecule has 0 radical (unpaired) electrons. The summed E-state index contributed by atoms with van der Waals surface area (Å²) in [6.45, 7) is 5.46. The van der Waals surface area contributed by atoms with E-state index in [0.717, 1.165) is 5.56 Å². The van der Waals surface area contributed by atoms with E-state index in [2.05, 4.69) is 10.5 Å². The van der Waals surface area contributed by atoms with Gasteiger partial charge in [0.15, 0.2) is 9.84 Å². The van der Waals surface area contributed by atoms with Crippen LogP contribution in [-0.4, -0.2) is 37.9 Å². The molecule has 0 aliphatic rings. The van der Waals surface area contributed by atoms with Crippen molar-refractivity contribution < 1.29 is 22.5 Å². The lowest BCUT2D eigenvalue weighted by Gasteiger charge is -2.13. The molecule has 0 fully saturated rings. The predicted octanol–water partition coefficient (Wildman–Crippen LogP) is 1.79. The highest BCUT2D eigenvalue weighted by atomic mass is 32.2. The molecule has 2 rings (SSSR count). The average Bonchev–Trinajstić information content (AvgIpc) is 2.95. The molecule has 0 unspecified atom stereocenters. The van der Waals surface area contributed by atoms with Gasteiger partial charge in [0.1, 0.15) is 23.4 Å². The molecule has 25 heavy (non-hydrogen) atoms. The topological polar surface area (TPSA) is 98.5 Å². The molecule has 2 aromatic rings. The Balaban J connectivity index is 1.81. The molecular formula is C17H22N2O5S. The van der Waals surface area contributed by atoms with Gasteiger partial charge < -0.3 is 14.6 Å². The molecule has 1 aromatic carbocycles. The molecule has 0 aliphatic heterocycles. The second kappa shape index (κ2) is 8.15. The third kappa shape index (κ3) is 5.60. The summed E-state index contributed by atoms with van der Waals surface area (Å²) in [6.07, 6.45) is 0. The highest BCUT2D eigenvalue weighted by Crippen LogP contribution is 2.13. The first-order chi connectivity index (χ1) is 11.8. The number of nitrogens with zero attached hydrogens (tertiary/aromatic N) is 1. The Bertz CT molecular complexity index is 829. The third-order valence-electron chi connectivity index (χ3n) is 3.59. The molecule has 136 valence electrons. The molecule has 1 atom stereocenters. The van der Waals surface area contributed by atoms with Crippen LogP contribution in [0.3, 0.4) is 0 Å². The maximum Gasteiger partial charge on any atom is 0.238 e. The summed E-state index contributed by atoms with van der Waals surface area (Å²) in [6, 6.07) is 9.08. The normalized spacial score (nSPS) is 12.6. The van der Waals surface area contributed by atoms with Crippen molar-refractivity contribution in [3.63, 3.8) is 0 Å². The average molecular weight is 366 g/mol. The van der Waals surface area contributed by atoms with Gasteiger partial charge in [-0.25, -0.2) is 8.42 Å². The van der Waals surface area contributed by atoms with Crippen molar-refractivity contribution in [1.29, 1.82) is 0 Å². The summed E-state index contributed by atoms with van der Waals surface area (Å²) in [5.41, 5.74) is 1.37. The van der Waals surface area contributed by atoms with E-state index in [1.54, 1.807) is 6.92 Å². The lowest BCUT2D eigenvalue weighted by molar-refractivity contribution is -0.120. The minimum absolute atomic E-state index is 0.218. The van der Waals surface area contributed by atoms with Crippen LogP contribution in [-0.2, 0) is 20.4 Å².